The van der Waals surface area contributed by atoms with Crippen LogP contribution in [0.5, 0.6) is 0 Å². The number of hydrogen-bond acceptors (Lipinski definition) is 3. The molecule has 0 saturated heterocycles. The fourth-order valence-corrected chi connectivity index (χ4v) is 2.27. The molecule has 0 aliphatic carbocycles. The van der Waals surface area contributed by atoms with Gasteiger partial charge < -0.3 is 14.6 Å². The maximum atomic E-state index is 11.0. The number of aromatic nitrogens is 2. The van der Waals surface area contributed by atoms with Crippen LogP contribution < -0.4 is 5.32 Å². The highest BCUT2D eigenvalue weighted by Crippen LogP contribution is 2.21. The Morgan fingerprint density at radius 2 is 2.21 bits per heavy atom. The van der Waals surface area contributed by atoms with Gasteiger partial charge in [-0.1, -0.05) is 6.07 Å². The molecule has 1 aromatic carbocycles. The van der Waals surface area contributed by atoms with E-state index in [0.29, 0.717) is 12.6 Å². The molecule has 1 aromatic heterocycles. The van der Waals surface area contributed by atoms with Crippen LogP contribution in [0.15, 0.2) is 18.2 Å². The van der Waals surface area contributed by atoms with E-state index >= 15 is 0 Å². The lowest BCUT2D eigenvalue weighted by molar-refractivity contribution is 0.170. The Balaban J connectivity index is 2.29. The van der Waals surface area contributed by atoms with Gasteiger partial charge in [0.25, 0.3) is 0 Å². The summed E-state index contributed by atoms with van der Waals surface area (Å²) in [6, 6.07) is 6.42. The van der Waals surface area contributed by atoms with Crippen molar-refractivity contribution in [1.29, 1.82) is 0 Å². The maximum absolute atomic E-state index is 11.0. The lowest BCUT2D eigenvalue weighted by Gasteiger charge is -2.10. The highest BCUT2D eigenvalue weighted by atomic mass is 16.5. The molecule has 0 fully saturated rings. The van der Waals surface area contributed by atoms with Gasteiger partial charge in [0.1, 0.15) is 5.82 Å². The van der Waals surface area contributed by atoms with E-state index in [1.165, 1.54) is 7.11 Å². The number of benzene rings is 1. The first kappa shape index (κ1) is 13.4. The van der Waals surface area contributed by atoms with E-state index in [1.54, 1.807) is 0 Å². The summed E-state index contributed by atoms with van der Waals surface area (Å²) in [5, 5.41) is 2.66. The van der Waals surface area contributed by atoms with Crippen LogP contribution >= 0.6 is 0 Å². The van der Waals surface area contributed by atoms with E-state index in [-0.39, 0.29) is 0 Å². The van der Waals surface area contributed by atoms with E-state index in [1.807, 2.05) is 25.1 Å². The van der Waals surface area contributed by atoms with Gasteiger partial charge in [-0.05, 0) is 38.5 Å². The number of carbonyl (C=O) groups excluding carboxylic acids is 1. The molecule has 0 spiro atoms. The van der Waals surface area contributed by atoms with Crippen LogP contribution in [-0.4, -0.2) is 22.8 Å². The molecule has 5 heteroatoms. The molecule has 0 saturated carbocycles. The molecule has 102 valence electrons. The Labute approximate surface area is 112 Å². The monoisotopic (exact) mass is 261 g/mol. The number of ether oxygens (including phenoxy) is 1. The van der Waals surface area contributed by atoms with Gasteiger partial charge in [-0.25, -0.2) is 9.78 Å². The van der Waals surface area contributed by atoms with Crippen LogP contribution in [0.4, 0.5) is 4.79 Å². The molecule has 2 aromatic rings. The standard InChI is InChI=1S/C14H19N3O2/c1-9(2)17-10(3)16-12-7-11(5-6-13(12)17)8-15-14(18)19-4/h5-7,9H,8H2,1-4H3,(H,15,18). The van der Waals surface area contributed by atoms with Crippen molar-refractivity contribution in [1.82, 2.24) is 14.9 Å². The highest BCUT2D eigenvalue weighted by Gasteiger charge is 2.10. The van der Waals surface area contributed by atoms with Gasteiger partial charge in [0.15, 0.2) is 0 Å². The third-order valence-corrected chi connectivity index (χ3v) is 3.07. The molecular weight excluding hydrogens is 242 g/mol. The van der Waals surface area contributed by atoms with Crippen LogP contribution in [0.3, 0.4) is 0 Å². The van der Waals surface area contributed by atoms with Crippen molar-refractivity contribution >= 4 is 17.1 Å². The number of rotatable bonds is 3. The van der Waals surface area contributed by atoms with Crippen molar-refractivity contribution in [3.63, 3.8) is 0 Å². The zero-order valence-electron chi connectivity index (χ0n) is 11.7. The van der Waals surface area contributed by atoms with Crippen LogP contribution in [-0.2, 0) is 11.3 Å². The van der Waals surface area contributed by atoms with E-state index in [2.05, 4.69) is 33.5 Å². The summed E-state index contributed by atoms with van der Waals surface area (Å²) in [7, 11) is 1.35. The van der Waals surface area contributed by atoms with Crippen molar-refractivity contribution in [3.8, 4) is 0 Å². The smallest absolute Gasteiger partial charge is 0.407 e. The summed E-state index contributed by atoms with van der Waals surface area (Å²) in [6.45, 7) is 6.73. The molecule has 19 heavy (non-hydrogen) atoms. The van der Waals surface area contributed by atoms with E-state index in [0.717, 1.165) is 22.4 Å². The Morgan fingerprint density at radius 3 is 2.84 bits per heavy atom. The number of aryl methyl sites for hydroxylation is 1. The summed E-state index contributed by atoms with van der Waals surface area (Å²) in [6.07, 6.45) is -0.427. The average molecular weight is 261 g/mol. The number of hydrogen-bond donors (Lipinski definition) is 1. The van der Waals surface area contributed by atoms with Crippen molar-refractivity contribution in [2.45, 2.75) is 33.4 Å². The number of nitrogens with zero attached hydrogens (tertiary/aromatic N) is 2. The third kappa shape index (κ3) is 2.70. The van der Waals surface area contributed by atoms with Crippen LogP contribution in [0.25, 0.3) is 11.0 Å². The van der Waals surface area contributed by atoms with Crippen molar-refractivity contribution in [2.75, 3.05) is 7.11 Å². The van der Waals surface area contributed by atoms with Crippen LogP contribution in [0.1, 0.15) is 31.3 Å². The molecule has 1 heterocycles. The van der Waals surface area contributed by atoms with Crippen molar-refractivity contribution in [3.05, 3.63) is 29.6 Å². The second-order valence-electron chi connectivity index (χ2n) is 4.79. The number of methoxy groups -OCH3 is 1. The van der Waals surface area contributed by atoms with E-state index in [4.69, 9.17) is 0 Å². The molecule has 0 aliphatic rings. The van der Waals surface area contributed by atoms with Gasteiger partial charge in [0.2, 0.25) is 0 Å². The summed E-state index contributed by atoms with van der Waals surface area (Å²) in [5.41, 5.74) is 3.08. The quantitative estimate of drug-likeness (QED) is 0.924. The minimum Gasteiger partial charge on any atom is -0.453 e. The summed E-state index contributed by atoms with van der Waals surface area (Å²) in [5.74, 6) is 1.00. The molecule has 2 rings (SSSR count). The average Bonchev–Trinajstić information content (AvgIpc) is 2.70. The normalized spacial score (nSPS) is 11.0. The van der Waals surface area contributed by atoms with Crippen molar-refractivity contribution < 1.29 is 9.53 Å². The molecule has 0 bridgehead atoms. The summed E-state index contributed by atoms with van der Waals surface area (Å²) < 4.78 is 6.75. The molecule has 5 nitrogen and oxygen atoms in total. The number of alkyl carbamates (subject to hydrolysis) is 1. The Morgan fingerprint density at radius 1 is 1.47 bits per heavy atom. The zero-order chi connectivity index (χ0) is 14.0. The lowest BCUT2D eigenvalue weighted by atomic mass is 10.2. The molecule has 1 N–H and O–H groups in total. The largest absolute Gasteiger partial charge is 0.453 e. The fraction of sp³-hybridized carbons (Fsp3) is 0.429. The minimum absolute atomic E-state index is 0.379. The Kier molecular flexibility index (Phi) is 3.74. The maximum Gasteiger partial charge on any atom is 0.407 e. The van der Waals surface area contributed by atoms with Gasteiger partial charge >= 0.3 is 6.09 Å². The predicted molar refractivity (Wildman–Crippen MR) is 74.1 cm³/mol. The second kappa shape index (κ2) is 5.30. The van der Waals surface area contributed by atoms with E-state index < -0.39 is 6.09 Å². The zero-order valence-corrected chi connectivity index (χ0v) is 11.7. The minimum atomic E-state index is -0.427. The first-order chi connectivity index (χ1) is 9.02. The van der Waals surface area contributed by atoms with E-state index in [9.17, 15) is 4.79 Å². The Hall–Kier alpha value is -2.04. The lowest BCUT2D eigenvalue weighted by Crippen LogP contribution is -2.22. The van der Waals surface area contributed by atoms with Gasteiger partial charge in [-0.15, -0.1) is 0 Å². The molecule has 0 atom stereocenters. The predicted octanol–water partition coefficient (Wildman–Crippen LogP) is 2.78. The van der Waals surface area contributed by atoms with Gasteiger partial charge in [0.05, 0.1) is 18.1 Å². The number of fused-ring (bicyclic) bond motifs is 1. The first-order valence-electron chi connectivity index (χ1n) is 6.32. The number of amides is 1. The topological polar surface area (TPSA) is 56.1 Å². The molecule has 0 aliphatic heterocycles. The van der Waals surface area contributed by atoms with Crippen LogP contribution in [0, 0.1) is 6.92 Å². The molecule has 1 amide bonds. The van der Waals surface area contributed by atoms with Crippen LogP contribution in [0.2, 0.25) is 0 Å². The molecular formula is C14H19N3O2. The summed E-state index contributed by atoms with van der Waals surface area (Å²) in [4.78, 5) is 15.6. The number of carbonyl (C=O) groups is 1. The van der Waals surface area contributed by atoms with Gasteiger partial charge in [-0.3, -0.25) is 0 Å². The first-order valence-corrected chi connectivity index (χ1v) is 6.32. The van der Waals surface area contributed by atoms with Gasteiger partial charge in [0, 0.05) is 12.6 Å². The SMILES string of the molecule is COC(=O)NCc1ccc2c(c1)nc(C)n2C(C)C. The second-order valence-corrected chi connectivity index (χ2v) is 4.79. The molecule has 0 radical (unpaired) electrons. The highest BCUT2D eigenvalue weighted by molar-refractivity contribution is 5.77. The summed E-state index contributed by atoms with van der Waals surface area (Å²) >= 11 is 0. The molecule has 0 unspecified atom stereocenters. The van der Waals surface area contributed by atoms with Crippen molar-refractivity contribution in [2.24, 2.45) is 0 Å². The fourth-order valence-electron chi connectivity index (χ4n) is 2.27. The third-order valence-electron chi connectivity index (χ3n) is 3.07. The van der Waals surface area contributed by atoms with Gasteiger partial charge in [-0.2, -0.15) is 0 Å². The number of nitrogens with one attached hydrogen (secondary N) is 1. The Bertz CT molecular complexity index is 602. The number of imidazole rings is 1.